The highest BCUT2D eigenvalue weighted by Crippen LogP contribution is 2.35. The first-order valence-electron chi connectivity index (χ1n) is 9.03. The van der Waals surface area contributed by atoms with Gasteiger partial charge < -0.3 is 5.32 Å². The summed E-state index contributed by atoms with van der Waals surface area (Å²) < 4.78 is 40.6. The van der Waals surface area contributed by atoms with Gasteiger partial charge in [0.05, 0.1) is 17.7 Å². The standard InChI is InChI=1S/C20H16F3N5O2/c1-11-6-8-12(9-7-11)17-25-19-26-18(30)15(28(19)27-17)10-16(29)24-14-5-3-2-4-13(14)20(21,22)23/h2-9,15H,10H2,1H3,(H,24,29)(H,25,26,27,30). The maximum Gasteiger partial charge on any atom is 0.418 e. The molecule has 0 saturated carbocycles. The number of nitrogens with zero attached hydrogens (tertiary/aromatic N) is 3. The first-order valence-corrected chi connectivity index (χ1v) is 9.03. The van der Waals surface area contributed by atoms with Crippen molar-refractivity contribution in [3.8, 4) is 11.4 Å². The molecule has 0 spiro atoms. The van der Waals surface area contributed by atoms with Crippen molar-refractivity contribution in [2.24, 2.45) is 0 Å². The van der Waals surface area contributed by atoms with Gasteiger partial charge in [0.1, 0.15) is 6.04 Å². The lowest BCUT2D eigenvalue weighted by atomic mass is 10.1. The predicted molar refractivity (Wildman–Crippen MR) is 103 cm³/mol. The SMILES string of the molecule is Cc1ccc(-c2nc3n(n2)C(CC(=O)Nc2ccccc2C(F)(F)F)C(=O)N3)cc1. The summed E-state index contributed by atoms with van der Waals surface area (Å²) in [7, 11) is 0. The Kier molecular flexibility index (Phi) is 4.76. The lowest BCUT2D eigenvalue weighted by molar-refractivity contribution is -0.137. The van der Waals surface area contributed by atoms with E-state index in [0.29, 0.717) is 5.82 Å². The molecule has 0 bridgehead atoms. The van der Waals surface area contributed by atoms with Crippen LogP contribution in [0.3, 0.4) is 0 Å². The molecule has 30 heavy (non-hydrogen) atoms. The van der Waals surface area contributed by atoms with Gasteiger partial charge >= 0.3 is 6.18 Å². The van der Waals surface area contributed by atoms with Gasteiger partial charge in [0.25, 0.3) is 5.91 Å². The number of fused-ring (bicyclic) bond motifs is 1. The number of halogens is 3. The van der Waals surface area contributed by atoms with Crippen LogP contribution < -0.4 is 10.6 Å². The van der Waals surface area contributed by atoms with E-state index in [4.69, 9.17) is 0 Å². The third kappa shape index (κ3) is 3.76. The second-order valence-corrected chi connectivity index (χ2v) is 6.87. The van der Waals surface area contributed by atoms with Crippen LogP contribution in [0.4, 0.5) is 24.8 Å². The molecule has 0 radical (unpaired) electrons. The highest BCUT2D eigenvalue weighted by Gasteiger charge is 2.37. The fourth-order valence-corrected chi connectivity index (χ4v) is 3.15. The monoisotopic (exact) mass is 415 g/mol. The Bertz CT molecular complexity index is 1120. The van der Waals surface area contributed by atoms with Gasteiger partial charge in [-0.25, -0.2) is 4.68 Å². The van der Waals surface area contributed by atoms with Crippen molar-refractivity contribution in [3.63, 3.8) is 0 Å². The van der Waals surface area contributed by atoms with Crippen molar-refractivity contribution in [1.82, 2.24) is 14.8 Å². The van der Waals surface area contributed by atoms with E-state index in [1.54, 1.807) is 0 Å². The average Bonchev–Trinajstić information content (AvgIpc) is 3.21. The normalized spacial score (nSPS) is 15.6. The predicted octanol–water partition coefficient (Wildman–Crippen LogP) is 3.79. The molecule has 1 aliphatic heterocycles. The number of amides is 2. The minimum atomic E-state index is -4.61. The van der Waals surface area contributed by atoms with Crippen LogP contribution in [0.5, 0.6) is 0 Å². The number of carbonyl (C=O) groups excluding carboxylic acids is 2. The maximum atomic E-state index is 13.1. The Hall–Kier alpha value is -3.69. The zero-order chi connectivity index (χ0) is 21.5. The lowest BCUT2D eigenvalue weighted by Crippen LogP contribution is -2.24. The minimum Gasteiger partial charge on any atom is -0.325 e. The molecule has 7 nitrogen and oxygen atoms in total. The Labute approximate surface area is 168 Å². The Morgan fingerprint density at radius 1 is 1.17 bits per heavy atom. The minimum absolute atomic E-state index is 0.184. The molecule has 1 aliphatic rings. The third-order valence-electron chi connectivity index (χ3n) is 4.66. The van der Waals surface area contributed by atoms with Gasteiger partial charge in [-0.3, -0.25) is 14.9 Å². The van der Waals surface area contributed by atoms with Gasteiger partial charge in [-0.1, -0.05) is 42.0 Å². The van der Waals surface area contributed by atoms with Gasteiger partial charge in [-0.15, -0.1) is 5.10 Å². The number of aromatic nitrogens is 3. The van der Waals surface area contributed by atoms with Crippen molar-refractivity contribution >= 4 is 23.5 Å². The van der Waals surface area contributed by atoms with Crippen LogP contribution in [-0.2, 0) is 15.8 Å². The van der Waals surface area contributed by atoms with E-state index < -0.39 is 29.6 Å². The van der Waals surface area contributed by atoms with E-state index in [9.17, 15) is 22.8 Å². The number of aryl methyl sites for hydroxylation is 1. The zero-order valence-electron chi connectivity index (χ0n) is 15.7. The molecule has 154 valence electrons. The van der Waals surface area contributed by atoms with E-state index in [1.165, 1.54) is 16.8 Å². The number of hydrogen-bond donors (Lipinski definition) is 2. The maximum absolute atomic E-state index is 13.1. The smallest absolute Gasteiger partial charge is 0.325 e. The molecule has 1 aromatic heterocycles. The Balaban J connectivity index is 1.53. The largest absolute Gasteiger partial charge is 0.418 e. The number of benzene rings is 2. The Morgan fingerprint density at radius 3 is 2.57 bits per heavy atom. The summed E-state index contributed by atoms with van der Waals surface area (Å²) >= 11 is 0. The molecule has 0 saturated heterocycles. The van der Waals surface area contributed by atoms with Gasteiger partial charge in [0.2, 0.25) is 11.9 Å². The van der Waals surface area contributed by atoms with Gasteiger partial charge in [0.15, 0.2) is 5.82 Å². The highest BCUT2D eigenvalue weighted by molar-refractivity contribution is 6.01. The van der Waals surface area contributed by atoms with Crippen LogP contribution in [0.15, 0.2) is 48.5 Å². The van der Waals surface area contributed by atoms with Crippen molar-refractivity contribution in [2.75, 3.05) is 10.6 Å². The number of rotatable bonds is 4. The van der Waals surface area contributed by atoms with Crippen LogP contribution in [0.1, 0.15) is 23.6 Å². The number of anilines is 2. The molecule has 1 unspecified atom stereocenters. The average molecular weight is 415 g/mol. The summed E-state index contributed by atoms with van der Waals surface area (Å²) in [6, 6.07) is 11.1. The summed E-state index contributed by atoms with van der Waals surface area (Å²) in [5.41, 5.74) is 0.469. The van der Waals surface area contributed by atoms with Crippen molar-refractivity contribution in [2.45, 2.75) is 25.6 Å². The second-order valence-electron chi connectivity index (χ2n) is 6.87. The summed E-state index contributed by atoms with van der Waals surface area (Å²) in [5, 5.41) is 9.09. The molecule has 2 aromatic carbocycles. The molecule has 2 N–H and O–H groups in total. The number of hydrogen-bond acceptors (Lipinski definition) is 4. The molecule has 2 amide bonds. The summed E-state index contributed by atoms with van der Waals surface area (Å²) in [6.45, 7) is 1.94. The van der Waals surface area contributed by atoms with Crippen LogP contribution in [-0.4, -0.2) is 26.6 Å². The first kappa shape index (κ1) is 19.6. The summed E-state index contributed by atoms with van der Waals surface area (Å²) in [4.78, 5) is 28.9. The van der Waals surface area contributed by atoms with Crippen molar-refractivity contribution in [3.05, 3.63) is 59.7 Å². The number of alkyl halides is 3. The molecular formula is C20H16F3N5O2. The molecule has 4 rings (SSSR count). The van der Waals surface area contributed by atoms with E-state index in [1.807, 2.05) is 31.2 Å². The van der Waals surface area contributed by atoms with Crippen LogP contribution in [0, 0.1) is 6.92 Å². The third-order valence-corrected chi connectivity index (χ3v) is 4.66. The fourth-order valence-electron chi connectivity index (χ4n) is 3.15. The van der Waals surface area contributed by atoms with E-state index in [0.717, 1.165) is 23.3 Å². The molecular weight excluding hydrogens is 399 g/mol. The van der Waals surface area contributed by atoms with Crippen LogP contribution >= 0.6 is 0 Å². The van der Waals surface area contributed by atoms with Gasteiger partial charge in [-0.2, -0.15) is 18.2 Å². The second kappa shape index (κ2) is 7.29. The van der Waals surface area contributed by atoms with Crippen molar-refractivity contribution < 1.29 is 22.8 Å². The van der Waals surface area contributed by atoms with E-state index >= 15 is 0 Å². The van der Waals surface area contributed by atoms with Crippen LogP contribution in [0.25, 0.3) is 11.4 Å². The van der Waals surface area contributed by atoms with E-state index in [-0.39, 0.29) is 18.1 Å². The first-order chi connectivity index (χ1) is 14.2. The van der Waals surface area contributed by atoms with Gasteiger partial charge in [0, 0.05) is 5.56 Å². The topological polar surface area (TPSA) is 88.9 Å². The number of para-hydroxylation sites is 1. The quantitative estimate of drug-likeness (QED) is 0.679. The fraction of sp³-hybridized carbons (Fsp3) is 0.200. The van der Waals surface area contributed by atoms with Crippen LogP contribution in [0.2, 0.25) is 0 Å². The summed E-state index contributed by atoms with van der Waals surface area (Å²) in [5.74, 6) is -0.686. The summed E-state index contributed by atoms with van der Waals surface area (Å²) in [6.07, 6.45) is -5.00. The molecule has 0 aliphatic carbocycles. The molecule has 1 atom stereocenters. The van der Waals surface area contributed by atoms with Crippen molar-refractivity contribution in [1.29, 1.82) is 0 Å². The molecule has 0 fully saturated rings. The highest BCUT2D eigenvalue weighted by atomic mass is 19.4. The Morgan fingerprint density at radius 2 is 1.87 bits per heavy atom. The van der Waals surface area contributed by atoms with E-state index in [2.05, 4.69) is 20.7 Å². The number of nitrogens with one attached hydrogen (secondary N) is 2. The molecule has 3 aromatic rings. The lowest BCUT2D eigenvalue weighted by Gasteiger charge is -2.14. The van der Waals surface area contributed by atoms with Gasteiger partial charge in [-0.05, 0) is 19.1 Å². The molecule has 10 heteroatoms. The number of carbonyl (C=O) groups is 2. The zero-order valence-corrected chi connectivity index (χ0v) is 15.7. The molecule has 2 heterocycles.